The van der Waals surface area contributed by atoms with E-state index >= 15 is 0 Å². The number of phenolic OH excluding ortho intramolecular Hbond substituents is 1. The van der Waals surface area contributed by atoms with Crippen molar-refractivity contribution in [3.63, 3.8) is 0 Å². The van der Waals surface area contributed by atoms with Gasteiger partial charge >= 0.3 is 0 Å². The number of phenols is 1. The summed E-state index contributed by atoms with van der Waals surface area (Å²) >= 11 is 0. The number of nitrogens with zero attached hydrogens (tertiary/aromatic N) is 1. The summed E-state index contributed by atoms with van der Waals surface area (Å²) in [5.74, 6) is 0.817. The maximum atomic E-state index is 13.5. The third-order valence-corrected chi connectivity index (χ3v) is 11.8. The summed E-state index contributed by atoms with van der Waals surface area (Å²) in [6.07, 6.45) is 4.68. The molecule has 0 aromatic heterocycles. The quantitative estimate of drug-likeness (QED) is 0.635. The highest BCUT2D eigenvalue weighted by molar-refractivity contribution is 7.89. The van der Waals surface area contributed by atoms with Gasteiger partial charge in [0.15, 0.2) is 0 Å². The molecule has 2 heterocycles. The van der Waals surface area contributed by atoms with Crippen molar-refractivity contribution in [3.05, 3.63) is 28.8 Å². The summed E-state index contributed by atoms with van der Waals surface area (Å²) < 4.78 is 35.0. The summed E-state index contributed by atoms with van der Waals surface area (Å²) in [5, 5.41) is 10.7. The number of aryl methyl sites for hydroxylation is 1. The van der Waals surface area contributed by atoms with Crippen LogP contribution in [0.25, 0.3) is 0 Å². The summed E-state index contributed by atoms with van der Waals surface area (Å²) in [7, 11) is -3.53. The maximum Gasteiger partial charge on any atom is 0.215 e. The van der Waals surface area contributed by atoms with Gasteiger partial charge in [-0.3, -0.25) is 4.79 Å². The van der Waals surface area contributed by atoms with Crippen molar-refractivity contribution in [1.29, 1.82) is 0 Å². The number of Topliss-reactive ketones (excluding diaryl/α,β-unsaturated/α-hetero) is 1. The van der Waals surface area contributed by atoms with Crippen LogP contribution in [0.5, 0.6) is 5.75 Å². The van der Waals surface area contributed by atoms with Crippen LogP contribution in [0.4, 0.5) is 0 Å². The van der Waals surface area contributed by atoms with Gasteiger partial charge in [-0.2, -0.15) is 0 Å². The number of ketones is 1. The molecule has 1 saturated heterocycles. The molecule has 7 nitrogen and oxygen atoms in total. The average molecular weight is 505 g/mol. The molecule has 2 aliphatic carbocycles. The average Bonchev–Trinajstić information content (AvgIpc) is 2.81. The molecule has 0 spiro atoms. The number of fused-ring (bicyclic) bond motifs is 2. The van der Waals surface area contributed by atoms with E-state index in [-0.39, 0.29) is 41.0 Å². The van der Waals surface area contributed by atoms with Gasteiger partial charge in [0.05, 0.1) is 18.0 Å². The minimum absolute atomic E-state index is 0.0206. The predicted octanol–water partition coefficient (Wildman–Crippen LogP) is 3.47. The number of piperidine rings is 1. The van der Waals surface area contributed by atoms with Crippen molar-refractivity contribution in [2.75, 3.05) is 25.4 Å². The molecule has 194 valence electrons. The second-order valence-corrected chi connectivity index (χ2v) is 14.0. The first-order chi connectivity index (χ1) is 16.5. The number of ether oxygens (including phenoxy) is 1. The Kier molecular flexibility index (Phi) is 6.35. The molecule has 2 saturated carbocycles. The number of aromatic hydroxyl groups is 1. The fraction of sp³-hybridized carbons (Fsp3) is 0.741. The zero-order valence-electron chi connectivity index (χ0n) is 21.3. The van der Waals surface area contributed by atoms with E-state index in [9.17, 15) is 18.3 Å². The first kappa shape index (κ1) is 25.2. The Morgan fingerprint density at radius 1 is 1.17 bits per heavy atom. The van der Waals surface area contributed by atoms with Crippen molar-refractivity contribution in [2.24, 2.45) is 28.4 Å². The summed E-state index contributed by atoms with van der Waals surface area (Å²) in [5.41, 5.74) is 8.06. The molecule has 4 aliphatic rings. The van der Waals surface area contributed by atoms with Crippen LogP contribution in [0.1, 0.15) is 75.2 Å². The zero-order valence-corrected chi connectivity index (χ0v) is 22.1. The Morgan fingerprint density at radius 2 is 1.89 bits per heavy atom. The number of nitrogens with two attached hydrogens (primary N) is 1. The number of rotatable bonds is 5. The van der Waals surface area contributed by atoms with Gasteiger partial charge in [-0.05, 0) is 67.4 Å². The lowest BCUT2D eigenvalue weighted by atomic mass is 9.46. The molecule has 4 atom stereocenters. The highest BCUT2D eigenvalue weighted by Crippen LogP contribution is 2.61. The van der Waals surface area contributed by atoms with Gasteiger partial charge in [-0.1, -0.05) is 26.0 Å². The number of hydrogen-bond donors (Lipinski definition) is 2. The standard InChI is InChI=1S/C27H40N2O5S/c1-17-4-5-19-20(25(17)31)14-21(34-22(19)15-28)18-8-12-29(13-9-18)35(32,33)16-27-11-6-23(27)26(2,3)10-7-24(27)30/h4-5,18,21-23,31H,6-16,28H2,1-3H3/t21-,22-,23?,27+/m0/s1. The molecule has 0 radical (unpaired) electrons. The third kappa shape index (κ3) is 4.14. The number of hydrogen-bond acceptors (Lipinski definition) is 6. The Bertz CT molecular complexity index is 1110. The Balaban J connectivity index is 1.27. The largest absolute Gasteiger partial charge is 0.507 e. The van der Waals surface area contributed by atoms with Gasteiger partial charge in [0.25, 0.3) is 0 Å². The fourth-order valence-electron chi connectivity index (χ4n) is 7.44. The van der Waals surface area contributed by atoms with Gasteiger partial charge in [0, 0.05) is 43.5 Å². The van der Waals surface area contributed by atoms with Crippen LogP contribution in [0.2, 0.25) is 0 Å². The van der Waals surface area contributed by atoms with Crippen LogP contribution >= 0.6 is 0 Å². The number of carbonyl (C=O) groups is 1. The highest BCUT2D eigenvalue weighted by atomic mass is 32.2. The number of benzene rings is 1. The predicted molar refractivity (Wildman–Crippen MR) is 134 cm³/mol. The van der Waals surface area contributed by atoms with E-state index < -0.39 is 15.4 Å². The minimum atomic E-state index is -3.53. The first-order valence-corrected chi connectivity index (χ1v) is 14.8. The molecule has 8 heteroatoms. The summed E-state index contributed by atoms with van der Waals surface area (Å²) in [6, 6.07) is 3.89. The lowest BCUT2D eigenvalue weighted by molar-refractivity contribution is -0.153. The third-order valence-electron chi connectivity index (χ3n) is 9.72. The summed E-state index contributed by atoms with van der Waals surface area (Å²) in [4.78, 5) is 13.0. The number of carbonyl (C=O) groups excluding carboxylic acids is 1. The lowest BCUT2D eigenvalue weighted by Gasteiger charge is -2.58. The van der Waals surface area contributed by atoms with Crippen LogP contribution in [0, 0.1) is 29.6 Å². The van der Waals surface area contributed by atoms with Crippen LogP contribution in [0.15, 0.2) is 12.1 Å². The molecule has 1 unspecified atom stereocenters. The number of sulfonamides is 1. The Hall–Kier alpha value is -1.48. The minimum Gasteiger partial charge on any atom is -0.507 e. The van der Waals surface area contributed by atoms with Crippen molar-refractivity contribution in [2.45, 2.75) is 77.9 Å². The van der Waals surface area contributed by atoms with Crippen molar-refractivity contribution < 1.29 is 23.1 Å². The summed E-state index contributed by atoms with van der Waals surface area (Å²) in [6.45, 7) is 7.51. The maximum absolute atomic E-state index is 13.5. The van der Waals surface area contributed by atoms with Crippen LogP contribution in [-0.2, 0) is 26.0 Å². The SMILES string of the molecule is Cc1ccc2c(c1O)C[C@@H](C1CCN(S(=O)(=O)C[C@]34CCC3C(C)(C)CCC4=O)CC1)O[C@H]2CN. The highest BCUT2D eigenvalue weighted by Gasteiger charge is 2.61. The molecule has 2 aliphatic heterocycles. The fourth-order valence-corrected chi connectivity index (χ4v) is 9.55. The van der Waals surface area contributed by atoms with E-state index in [4.69, 9.17) is 10.5 Å². The van der Waals surface area contributed by atoms with E-state index in [1.54, 1.807) is 4.31 Å². The molecule has 3 fully saturated rings. The molecule has 3 N–H and O–H groups in total. The van der Waals surface area contributed by atoms with Crippen LogP contribution in [-0.4, -0.2) is 55.1 Å². The van der Waals surface area contributed by atoms with E-state index in [0.717, 1.165) is 29.5 Å². The van der Waals surface area contributed by atoms with E-state index in [1.807, 2.05) is 19.1 Å². The second kappa shape index (κ2) is 8.82. The van der Waals surface area contributed by atoms with Crippen molar-refractivity contribution in [3.8, 4) is 5.75 Å². The van der Waals surface area contributed by atoms with Gasteiger partial charge < -0.3 is 15.6 Å². The molecule has 5 rings (SSSR count). The monoisotopic (exact) mass is 504 g/mol. The van der Waals surface area contributed by atoms with Crippen LogP contribution in [0.3, 0.4) is 0 Å². The Morgan fingerprint density at radius 3 is 2.51 bits per heavy atom. The zero-order chi connectivity index (χ0) is 25.2. The van der Waals surface area contributed by atoms with E-state index in [2.05, 4.69) is 13.8 Å². The van der Waals surface area contributed by atoms with Crippen molar-refractivity contribution in [1.82, 2.24) is 4.31 Å². The van der Waals surface area contributed by atoms with Crippen molar-refractivity contribution >= 4 is 15.8 Å². The lowest BCUT2D eigenvalue weighted by Crippen LogP contribution is -2.60. The topological polar surface area (TPSA) is 110 Å². The molecule has 1 aromatic carbocycles. The van der Waals surface area contributed by atoms with Gasteiger partial charge in [-0.25, -0.2) is 12.7 Å². The smallest absolute Gasteiger partial charge is 0.215 e. The van der Waals surface area contributed by atoms with Gasteiger partial charge in [-0.15, -0.1) is 0 Å². The molecule has 1 aromatic rings. The molecular formula is C27H40N2O5S. The van der Waals surface area contributed by atoms with E-state index in [1.165, 1.54) is 0 Å². The van der Waals surface area contributed by atoms with Gasteiger partial charge in [0.1, 0.15) is 11.5 Å². The normalized spacial score (nSPS) is 33.6. The second-order valence-electron chi connectivity index (χ2n) is 12.1. The first-order valence-electron chi connectivity index (χ1n) is 13.2. The molecule has 0 bridgehead atoms. The molecule has 35 heavy (non-hydrogen) atoms. The Labute approximate surface area is 209 Å². The van der Waals surface area contributed by atoms with Gasteiger partial charge in [0.2, 0.25) is 10.0 Å². The van der Waals surface area contributed by atoms with E-state index in [0.29, 0.717) is 57.5 Å². The molecule has 0 amide bonds. The van der Waals surface area contributed by atoms with Crippen LogP contribution < -0.4 is 5.73 Å². The molecular weight excluding hydrogens is 464 g/mol.